The molecular weight excluding hydrogens is 916 g/mol. The smallest absolute Gasteiger partial charge is 0.306 e. The lowest BCUT2D eigenvalue weighted by Gasteiger charge is -2.30. The maximum atomic E-state index is 13.4. The van der Waals surface area contributed by atoms with Gasteiger partial charge >= 0.3 is 5.97 Å². The zero-order valence-corrected chi connectivity index (χ0v) is 48.5. The van der Waals surface area contributed by atoms with Crippen LogP contribution in [0.3, 0.4) is 0 Å². The molecule has 0 aliphatic rings. The van der Waals surface area contributed by atoms with E-state index in [1.54, 1.807) is 0 Å². The molecule has 0 rings (SSSR count). The van der Waals surface area contributed by atoms with Crippen molar-refractivity contribution >= 4 is 19.7 Å². The van der Waals surface area contributed by atoms with Gasteiger partial charge in [0.1, 0.15) is 19.3 Å². The molecule has 1 amide bonds. The van der Waals surface area contributed by atoms with Crippen LogP contribution >= 0.6 is 7.82 Å². The lowest BCUT2D eigenvalue weighted by Crippen LogP contribution is -2.47. The van der Waals surface area contributed by atoms with Gasteiger partial charge in [-0.2, -0.15) is 0 Å². The van der Waals surface area contributed by atoms with Gasteiger partial charge in [0.2, 0.25) is 5.91 Å². The van der Waals surface area contributed by atoms with Crippen molar-refractivity contribution in [3.63, 3.8) is 0 Å². The number of allylic oxidation sites excluding steroid dienone is 11. The zero-order valence-electron chi connectivity index (χ0n) is 47.6. The van der Waals surface area contributed by atoms with Crippen molar-refractivity contribution in [2.75, 3.05) is 40.9 Å². The number of phosphoric acid groups is 1. The summed E-state index contributed by atoms with van der Waals surface area (Å²) in [6, 6.07) is -0.892. The van der Waals surface area contributed by atoms with E-state index in [1.165, 1.54) is 122 Å². The number of likely N-dealkylation sites (N-methyl/N-ethyl adjacent to an activating group) is 1. The van der Waals surface area contributed by atoms with Gasteiger partial charge in [0.25, 0.3) is 7.82 Å². The molecule has 0 radical (unpaired) electrons. The summed E-state index contributed by atoms with van der Waals surface area (Å²) in [5, 5.41) is 3.02. The Morgan fingerprint density at radius 1 is 0.500 bits per heavy atom. The molecule has 0 spiro atoms. The minimum atomic E-state index is -4.70. The van der Waals surface area contributed by atoms with Crippen molar-refractivity contribution in [2.45, 2.75) is 270 Å². The molecule has 418 valence electrons. The van der Waals surface area contributed by atoms with Gasteiger partial charge < -0.3 is 28.5 Å². The number of phosphoric ester groups is 1. The number of nitrogens with one attached hydrogen (secondary N) is 1. The van der Waals surface area contributed by atoms with Crippen LogP contribution in [0.15, 0.2) is 72.9 Å². The number of carbonyl (C=O) groups is 2. The second kappa shape index (κ2) is 51.9. The molecule has 0 bridgehead atoms. The third-order valence-electron chi connectivity index (χ3n) is 12.9. The largest absolute Gasteiger partial charge is 0.756 e. The van der Waals surface area contributed by atoms with E-state index in [2.05, 4.69) is 86.8 Å². The van der Waals surface area contributed by atoms with Crippen molar-refractivity contribution < 1.29 is 37.3 Å². The average Bonchev–Trinajstić information content (AvgIpc) is 3.34. The number of ether oxygens (including phenoxy) is 1. The minimum absolute atomic E-state index is 0.0254. The van der Waals surface area contributed by atoms with E-state index in [0.717, 1.165) is 103 Å². The first kappa shape index (κ1) is 69.5. The maximum Gasteiger partial charge on any atom is 0.306 e. The number of unbranched alkanes of at least 4 members (excludes halogenated alkanes) is 27. The van der Waals surface area contributed by atoms with Gasteiger partial charge in [0.05, 0.1) is 33.8 Å². The number of quaternary nitrogens is 1. The van der Waals surface area contributed by atoms with Crippen LogP contribution in [-0.2, 0) is 27.9 Å². The molecule has 9 nitrogen and oxygen atoms in total. The Balaban J connectivity index is 5.21. The molecule has 0 aliphatic carbocycles. The van der Waals surface area contributed by atoms with E-state index in [-0.39, 0.29) is 24.9 Å². The van der Waals surface area contributed by atoms with Gasteiger partial charge in [-0.15, -0.1) is 0 Å². The number of esters is 1. The molecule has 3 unspecified atom stereocenters. The summed E-state index contributed by atoms with van der Waals surface area (Å²) in [5.74, 6) is -0.553. The van der Waals surface area contributed by atoms with Crippen molar-refractivity contribution in [2.24, 2.45) is 0 Å². The molecule has 10 heteroatoms. The van der Waals surface area contributed by atoms with E-state index in [4.69, 9.17) is 13.8 Å². The van der Waals surface area contributed by atoms with E-state index in [9.17, 15) is 19.0 Å². The van der Waals surface area contributed by atoms with Crippen molar-refractivity contribution in [3.8, 4) is 0 Å². The van der Waals surface area contributed by atoms with Gasteiger partial charge in [-0.1, -0.05) is 242 Å². The van der Waals surface area contributed by atoms with E-state index < -0.39 is 26.6 Å². The monoisotopic (exact) mass is 1030 g/mol. The van der Waals surface area contributed by atoms with Gasteiger partial charge in [0, 0.05) is 12.8 Å². The Bertz CT molecular complexity index is 1460. The Morgan fingerprint density at radius 3 is 1.33 bits per heavy atom. The highest BCUT2D eigenvalue weighted by Crippen LogP contribution is 2.38. The highest BCUT2D eigenvalue weighted by atomic mass is 31.2. The number of carbonyl (C=O) groups excluding carboxylic acids is 2. The van der Waals surface area contributed by atoms with Gasteiger partial charge in [-0.3, -0.25) is 14.2 Å². The molecule has 0 saturated heterocycles. The van der Waals surface area contributed by atoms with Crippen LogP contribution in [-0.4, -0.2) is 69.4 Å². The van der Waals surface area contributed by atoms with Crippen molar-refractivity contribution in [1.29, 1.82) is 0 Å². The highest BCUT2D eigenvalue weighted by Gasteiger charge is 2.27. The summed E-state index contributed by atoms with van der Waals surface area (Å²) in [7, 11) is 1.18. The summed E-state index contributed by atoms with van der Waals surface area (Å²) < 4.78 is 30.2. The van der Waals surface area contributed by atoms with Gasteiger partial charge in [-0.25, -0.2) is 0 Å². The summed E-state index contributed by atoms with van der Waals surface area (Å²) in [6.45, 7) is 6.71. The predicted molar refractivity (Wildman–Crippen MR) is 307 cm³/mol. The Hall–Kier alpha value is -2.55. The topological polar surface area (TPSA) is 114 Å². The molecule has 0 aromatic carbocycles. The first-order valence-corrected chi connectivity index (χ1v) is 31.2. The number of rotatable bonds is 53. The van der Waals surface area contributed by atoms with Crippen LogP contribution in [0.4, 0.5) is 0 Å². The fraction of sp³-hybridized carbons (Fsp3) is 0.774. The highest BCUT2D eigenvalue weighted by molar-refractivity contribution is 7.45. The third kappa shape index (κ3) is 52.3. The Morgan fingerprint density at radius 2 is 0.889 bits per heavy atom. The van der Waals surface area contributed by atoms with Crippen LogP contribution in [0.1, 0.15) is 258 Å². The van der Waals surface area contributed by atoms with Gasteiger partial charge in [0.15, 0.2) is 0 Å². The molecule has 0 heterocycles. The van der Waals surface area contributed by atoms with Crippen LogP contribution in [0.5, 0.6) is 0 Å². The molecule has 0 aliphatic heterocycles. The Labute approximate surface area is 444 Å². The number of nitrogens with zero attached hydrogens (tertiary/aromatic N) is 1. The molecule has 3 atom stereocenters. The van der Waals surface area contributed by atoms with E-state index in [1.807, 2.05) is 33.3 Å². The fourth-order valence-corrected chi connectivity index (χ4v) is 9.04. The lowest BCUT2D eigenvalue weighted by molar-refractivity contribution is -0.870. The number of amides is 1. The molecule has 1 N–H and O–H groups in total. The summed E-state index contributed by atoms with van der Waals surface area (Å²) in [6.07, 6.45) is 65.8. The van der Waals surface area contributed by atoms with Crippen LogP contribution in [0.2, 0.25) is 0 Å². The predicted octanol–water partition coefficient (Wildman–Crippen LogP) is 17.4. The Kier molecular flexibility index (Phi) is 50.1. The van der Waals surface area contributed by atoms with E-state index >= 15 is 0 Å². The van der Waals surface area contributed by atoms with E-state index in [0.29, 0.717) is 17.4 Å². The molecule has 0 aromatic heterocycles. The second-order valence-corrected chi connectivity index (χ2v) is 22.5. The van der Waals surface area contributed by atoms with Gasteiger partial charge in [-0.05, 0) is 76.7 Å². The summed E-state index contributed by atoms with van der Waals surface area (Å²) in [5.41, 5.74) is 0. The SMILES string of the molecule is CC/C=C\C/C=C\C/C=C\C/C=C\C/C=C\CCCCCCCCCC(=O)OC(/C=C\CCCCCCCCCCCC)C(COP(=O)([O-])OCC[N+](C)(C)C)NC(=O)CCCCCCCCCCCCC. The fourth-order valence-electron chi connectivity index (χ4n) is 8.31. The van der Waals surface area contributed by atoms with Crippen LogP contribution in [0, 0.1) is 0 Å². The quantitative estimate of drug-likeness (QED) is 0.0212. The van der Waals surface area contributed by atoms with Crippen LogP contribution in [0.25, 0.3) is 0 Å². The molecule has 0 fully saturated rings. The minimum Gasteiger partial charge on any atom is -0.756 e. The second-order valence-electron chi connectivity index (χ2n) is 21.1. The molecular formula is C62H113N2O7P. The van der Waals surface area contributed by atoms with Crippen molar-refractivity contribution in [1.82, 2.24) is 5.32 Å². The average molecular weight is 1030 g/mol. The van der Waals surface area contributed by atoms with Crippen molar-refractivity contribution in [3.05, 3.63) is 72.9 Å². The first-order chi connectivity index (χ1) is 34.9. The zero-order chi connectivity index (χ0) is 52.9. The molecule has 72 heavy (non-hydrogen) atoms. The summed E-state index contributed by atoms with van der Waals surface area (Å²) >= 11 is 0. The summed E-state index contributed by atoms with van der Waals surface area (Å²) in [4.78, 5) is 39.8. The van der Waals surface area contributed by atoms with Crippen LogP contribution < -0.4 is 10.2 Å². The standard InChI is InChI=1S/C62H113N2O7P/c1-7-10-13-16-19-22-25-27-28-29-30-31-32-33-34-35-36-37-40-43-46-49-52-55-62(66)71-60(53-50-47-44-41-39-26-23-20-17-14-11-8-2)59(58-70-72(67,68)69-57-56-64(4,5)6)63-61(65)54-51-48-45-42-38-24-21-18-15-12-9-3/h10,13,19,22,27-28,30-31,33-34,50,53,59-60H,7-9,11-12,14-18,20-21,23-26,29,32,35-49,51-52,54-58H2,1-6H3,(H-,63,65,67,68)/b13-10-,22-19-,28-27-,31-30-,34-33-,53-50-. The number of hydrogen-bond donors (Lipinski definition) is 1. The normalized spacial score (nSPS) is 14.3. The number of hydrogen-bond acceptors (Lipinski definition) is 7. The maximum absolute atomic E-state index is 13.4. The third-order valence-corrected chi connectivity index (χ3v) is 13.9. The molecule has 0 saturated carbocycles. The molecule has 0 aromatic rings. The lowest BCUT2D eigenvalue weighted by atomic mass is 10.0. The first-order valence-electron chi connectivity index (χ1n) is 29.7.